The highest BCUT2D eigenvalue weighted by Crippen LogP contribution is 2.21. The summed E-state index contributed by atoms with van der Waals surface area (Å²) in [5, 5.41) is 8.74. The average molecular weight is 329 g/mol. The molecule has 0 aliphatic rings. The molecule has 116 valence electrons. The van der Waals surface area contributed by atoms with Crippen LogP contribution < -0.4 is 10.5 Å². The number of rotatable bonds is 3. The maximum Gasteiger partial charge on any atom is 0.419 e. The van der Waals surface area contributed by atoms with Crippen LogP contribution in [0.5, 0.6) is 0 Å². The van der Waals surface area contributed by atoms with Crippen molar-refractivity contribution in [1.29, 1.82) is 5.26 Å². The second-order valence-corrected chi connectivity index (χ2v) is 6.53. The Morgan fingerprint density at radius 2 is 1.87 bits per heavy atom. The summed E-state index contributed by atoms with van der Waals surface area (Å²) in [7, 11) is -2.32. The largest absolute Gasteiger partial charge is 0.419 e. The van der Waals surface area contributed by atoms with E-state index in [0.29, 0.717) is 22.4 Å². The molecule has 8 heteroatoms. The molecule has 0 bridgehead atoms. The zero-order chi connectivity index (χ0) is 16.6. The number of nitrogens with one attached hydrogen (secondary N) is 1. The lowest BCUT2D eigenvalue weighted by atomic mass is 10.2. The molecule has 3 rings (SSSR count). The predicted molar refractivity (Wildman–Crippen MR) is 83.4 cm³/mol. The van der Waals surface area contributed by atoms with Crippen LogP contribution >= 0.6 is 0 Å². The number of nitriles is 1. The molecular formula is C15H11N3O4S. The molecule has 0 saturated heterocycles. The van der Waals surface area contributed by atoms with Crippen LogP contribution in [0.25, 0.3) is 11.1 Å². The van der Waals surface area contributed by atoms with Crippen LogP contribution in [0.1, 0.15) is 5.56 Å². The number of nitrogens with zero attached hydrogens (tertiary/aromatic N) is 2. The maximum absolute atomic E-state index is 12.4. The van der Waals surface area contributed by atoms with E-state index < -0.39 is 15.8 Å². The topological polar surface area (TPSA) is 105 Å². The van der Waals surface area contributed by atoms with Gasteiger partial charge in [0, 0.05) is 12.7 Å². The lowest BCUT2D eigenvalue weighted by molar-refractivity contribution is 0.528. The summed E-state index contributed by atoms with van der Waals surface area (Å²) in [5.41, 5.74) is 1.47. The second kappa shape index (κ2) is 5.30. The van der Waals surface area contributed by atoms with E-state index in [1.165, 1.54) is 54.1 Å². The van der Waals surface area contributed by atoms with Crippen LogP contribution in [0, 0.1) is 11.3 Å². The van der Waals surface area contributed by atoms with Gasteiger partial charge in [-0.25, -0.2) is 13.2 Å². The molecule has 1 heterocycles. The minimum atomic E-state index is -3.82. The Bertz CT molecular complexity index is 1090. The molecule has 0 saturated carbocycles. The average Bonchev–Trinajstić information content (AvgIpc) is 2.82. The van der Waals surface area contributed by atoms with Crippen molar-refractivity contribution < 1.29 is 12.8 Å². The fourth-order valence-corrected chi connectivity index (χ4v) is 3.18. The number of aryl methyl sites for hydroxylation is 1. The summed E-state index contributed by atoms with van der Waals surface area (Å²) in [4.78, 5) is 11.5. The van der Waals surface area contributed by atoms with Gasteiger partial charge in [0.15, 0.2) is 5.58 Å². The standard InChI is InChI=1S/C15H11N3O4S/c1-18-13-8-12(6-7-14(13)22-15(18)19)23(20,21)17-11-4-2-10(9-16)3-5-11/h2-8,17H,1H3. The molecular weight excluding hydrogens is 318 g/mol. The number of hydrogen-bond donors (Lipinski definition) is 1. The van der Waals surface area contributed by atoms with Gasteiger partial charge in [-0.05, 0) is 42.5 Å². The van der Waals surface area contributed by atoms with E-state index in [4.69, 9.17) is 9.68 Å². The highest BCUT2D eigenvalue weighted by atomic mass is 32.2. The molecule has 0 atom stereocenters. The number of anilines is 1. The first-order valence-corrected chi connectivity index (χ1v) is 8.01. The van der Waals surface area contributed by atoms with Crippen molar-refractivity contribution in [2.24, 2.45) is 7.05 Å². The SMILES string of the molecule is Cn1c(=O)oc2ccc(S(=O)(=O)Nc3ccc(C#N)cc3)cc21. The number of fused-ring (bicyclic) bond motifs is 1. The molecule has 0 unspecified atom stereocenters. The van der Waals surface area contributed by atoms with Gasteiger partial charge in [0.2, 0.25) is 0 Å². The van der Waals surface area contributed by atoms with Gasteiger partial charge >= 0.3 is 5.76 Å². The molecule has 2 aromatic carbocycles. The molecule has 1 aromatic heterocycles. The Hall–Kier alpha value is -3.05. The molecule has 7 nitrogen and oxygen atoms in total. The molecule has 23 heavy (non-hydrogen) atoms. The van der Waals surface area contributed by atoms with Gasteiger partial charge in [0.1, 0.15) is 0 Å². The lowest BCUT2D eigenvalue weighted by Gasteiger charge is -2.08. The van der Waals surface area contributed by atoms with Crippen LogP contribution in [0.15, 0.2) is 56.6 Å². The minimum absolute atomic E-state index is 0.00533. The monoisotopic (exact) mass is 329 g/mol. The Balaban J connectivity index is 2.00. The van der Waals surface area contributed by atoms with Gasteiger partial charge in [-0.3, -0.25) is 9.29 Å². The molecule has 0 aliphatic heterocycles. The molecule has 0 amide bonds. The van der Waals surface area contributed by atoms with Crippen molar-refractivity contribution in [2.45, 2.75) is 4.90 Å². The van der Waals surface area contributed by atoms with Crippen LogP contribution in [0.3, 0.4) is 0 Å². The van der Waals surface area contributed by atoms with Crippen molar-refractivity contribution in [3.63, 3.8) is 0 Å². The smallest absolute Gasteiger partial charge is 0.408 e. The van der Waals surface area contributed by atoms with Crippen molar-refractivity contribution in [3.05, 3.63) is 58.6 Å². The number of sulfonamides is 1. The highest BCUT2D eigenvalue weighted by Gasteiger charge is 2.17. The van der Waals surface area contributed by atoms with Gasteiger partial charge in [-0.1, -0.05) is 0 Å². The van der Waals surface area contributed by atoms with E-state index in [1.54, 1.807) is 0 Å². The van der Waals surface area contributed by atoms with Gasteiger partial charge in [0.25, 0.3) is 10.0 Å². The summed E-state index contributed by atoms with van der Waals surface area (Å²) < 4.78 is 33.5. The van der Waals surface area contributed by atoms with Crippen LogP contribution in [-0.2, 0) is 17.1 Å². The minimum Gasteiger partial charge on any atom is -0.408 e. The summed E-state index contributed by atoms with van der Waals surface area (Å²) in [6, 6.07) is 12.2. The second-order valence-electron chi connectivity index (χ2n) is 4.85. The summed E-state index contributed by atoms with van der Waals surface area (Å²) >= 11 is 0. The van der Waals surface area contributed by atoms with E-state index in [2.05, 4.69) is 4.72 Å². The lowest BCUT2D eigenvalue weighted by Crippen LogP contribution is -2.13. The fraction of sp³-hybridized carbons (Fsp3) is 0.0667. The van der Waals surface area contributed by atoms with Crippen LogP contribution in [0.2, 0.25) is 0 Å². The van der Waals surface area contributed by atoms with E-state index in [1.807, 2.05) is 6.07 Å². The summed E-state index contributed by atoms with van der Waals surface area (Å²) in [6.07, 6.45) is 0. The van der Waals surface area contributed by atoms with Crippen molar-refractivity contribution in [3.8, 4) is 6.07 Å². The first-order chi connectivity index (χ1) is 10.9. The number of hydrogen-bond acceptors (Lipinski definition) is 5. The number of benzene rings is 2. The molecule has 0 spiro atoms. The fourth-order valence-electron chi connectivity index (χ4n) is 2.10. The first kappa shape index (κ1) is 14.9. The quantitative estimate of drug-likeness (QED) is 0.789. The predicted octanol–water partition coefficient (Wildman–Crippen LogP) is 1.80. The Morgan fingerprint density at radius 1 is 1.17 bits per heavy atom. The van der Waals surface area contributed by atoms with Crippen molar-refractivity contribution >= 4 is 26.8 Å². The zero-order valence-electron chi connectivity index (χ0n) is 12.0. The van der Waals surface area contributed by atoms with E-state index >= 15 is 0 Å². The summed E-state index contributed by atoms with van der Waals surface area (Å²) in [6.45, 7) is 0. The number of aromatic nitrogens is 1. The third kappa shape index (κ3) is 2.69. The van der Waals surface area contributed by atoms with Crippen molar-refractivity contribution in [1.82, 2.24) is 4.57 Å². The molecule has 0 radical (unpaired) electrons. The maximum atomic E-state index is 12.4. The van der Waals surface area contributed by atoms with Gasteiger partial charge in [-0.15, -0.1) is 0 Å². The third-order valence-electron chi connectivity index (χ3n) is 3.34. The zero-order valence-corrected chi connectivity index (χ0v) is 12.8. The van der Waals surface area contributed by atoms with Crippen LogP contribution in [0.4, 0.5) is 5.69 Å². The van der Waals surface area contributed by atoms with Crippen LogP contribution in [-0.4, -0.2) is 13.0 Å². The Morgan fingerprint density at radius 3 is 2.52 bits per heavy atom. The number of oxazole rings is 1. The highest BCUT2D eigenvalue weighted by molar-refractivity contribution is 7.92. The van der Waals surface area contributed by atoms with Gasteiger partial charge in [-0.2, -0.15) is 5.26 Å². The van der Waals surface area contributed by atoms with Gasteiger partial charge < -0.3 is 4.42 Å². The normalized spacial score (nSPS) is 11.3. The van der Waals surface area contributed by atoms with Gasteiger partial charge in [0.05, 0.1) is 22.0 Å². The Labute approximate surface area is 131 Å². The molecule has 1 N–H and O–H groups in total. The molecule has 0 fully saturated rings. The Kier molecular flexibility index (Phi) is 3.42. The van der Waals surface area contributed by atoms with E-state index in [9.17, 15) is 13.2 Å². The third-order valence-corrected chi connectivity index (χ3v) is 4.72. The van der Waals surface area contributed by atoms with E-state index in [0.717, 1.165) is 0 Å². The molecule has 0 aliphatic carbocycles. The molecule has 3 aromatic rings. The summed E-state index contributed by atoms with van der Waals surface area (Å²) in [5.74, 6) is -0.561. The first-order valence-electron chi connectivity index (χ1n) is 6.53. The van der Waals surface area contributed by atoms with E-state index in [-0.39, 0.29) is 4.90 Å². The van der Waals surface area contributed by atoms with Crippen molar-refractivity contribution in [2.75, 3.05) is 4.72 Å².